The van der Waals surface area contributed by atoms with Crippen molar-refractivity contribution in [2.45, 2.75) is 18.9 Å². The van der Waals surface area contributed by atoms with Gasteiger partial charge in [-0.1, -0.05) is 0 Å². The van der Waals surface area contributed by atoms with Gasteiger partial charge in [0.05, 0.1) is 6.10 Å². The summed E-state index contributed by atoms with van der Waals surface area (Å²) in [6.45, 7) is 1.55. The fraction of sp³-hybridized carbons (Fsp3) is 0.556. The molecule has 2 heterocycles. The Balaban J connectivity index is 2.14. The molecule has 1 aliphatic heterocycles. The third kappa shape index (κ3) is 2.13. The van der Waals surface area contributed by atoms with Crippen LogP contribution in [0.3, 0.4) is 0 Å². The molecule has 1 fully saturated rings. The molecule has 1 aliphatic rings. The summed E-state index contributed by atoms with van der Waals surface area (Å²) in [6, 6.07) is 1.81. The molecule has 0 spiro atoms. The van der Waals surface area contributed by atoms with E-state index in [9.17, 15) is 5.11 Å². The number of rotatable bonds is 1. The van der Waals surface area contributed by atoms with Gasteiger partial charge < -0.3 is 10.0 Å². The second kappa shape index (κ2) is 4.11. The molecule has 0 saturated carbocycles. The van der Waals surface area contributed by atoms with Gasteiger partial charge in [0.2, 0.25) is 5.28 Å². The van der Waals surface area contributed by atoms with Crippen molar-refractivity contribution in [1.82, 2.24) is 9.97 Å². The van der Waals surface area contributed by atoms with Gasteiger partial charge in [-0.05, 0) is 30.5 Å². The van der Waals surface area contributed by atoms with Crippen LogP contribution in [0.25, 0.3) is 0 Å². The van der Waals surface area contributed by atoms with E-state index >= 15 is 0 Å². The van der Waals surface area contributed by atoms with Crippen LogP contribution in [0.4, 0.5) is 5.82 Å². The molecule has 0 bridgehead atoms. The van der Waals surface area contributed by atoms with Gasteiger partial charge in [-0.25, -0.2) is 9.97 Å². The second-order valence-corrected chi connectivity index (χ2v) is 3.76. The topological polar surface area (TPSA) is 49.2 Å². The first kappa shape index (κ1) is 9.68. The molecule has 1 atom stereocenters. The highest BCUT2D eigenvalue weighted by Gasteiger charge is 2.18. The lowest BCUT2D eigenvalue weighted by atomic mass is 10.1. The maximum atomic E-state index is 9.49. The first-order chi connectivity index (χ1) is 6.75. The number of piperidine rings is 1. The normalized spacial score (nSPS) is 22.4. The Morgan fingerprint density at radius 3 is 3.14 bits per heavy atom. The van der Waals surface area contributed by atoms with E-state index in [0.29, 0.717) is 6.54 Å². The van der Waals surface area contributed by atoms with Gasteiger partial charge in [-0.15, -0.1) is 0 Å². The summed E-state index contributed by atoms with van der Waals surface area (Å²) in [5, 5.41) is 9.74. The molecule has 0 radical (unpaired) electrons. The summed E-state index contributed by atoms with van der Waals surface area (Å²) in [5.41, 5.74) is 0. The third-order valence-electron chi connectivity index (χ3n) is 2.33. The molecule has 1 aromatic rings. The number of hydrogen-bond donors (Lipinski definition) is 1. The minimum absolute atomic E-state index is 0.252. The maximum absolute atomic E-state index is 9.49. The van der Waals surface area contributed by atoms with Gasteiger partial charge in [-0.2, -0.15) is 0 Å². The first-order valence-corrected chi connectivity index (χ1v) is 5.05. The Morgan fingerprint density at radius 1 is 1.57 bits per heavy atom. The van der Waals surface area contributed by atoms with Crippen molar-refractivity contribution in [3.8, 4) is 0 Å². The number of halogens is 1. The second-order valence-electron chi connectivity index (χ2n) is 3.43. The van der Waals surface area contributed by atoms with Crippen LogP contribution in [0.5, 0.6) is 0 Å². The first-order valence-electron chi connectivity index (χ1n) is 4.67. The lowest BCUT2D eigenvalue weighted by molar-refractivity contribution is 0.154. The highest BCUT2D eigenvalue weighted by Crippen LogP contribution is 2.18. The molecular formula is C9H12ClN3O. The fourth-order valence-corrected chi connectivity index (χ4v) is 1.81. The van der Waals surface area contributed by atoms with E-state index in [1.807, 2.05) is 11.0 Å². The third-order valence-corrected chi connectivity index (χ3v) is 2.51. The van der Waals surface area contributed by atoms with Crippen LogP contribution in [0.1, 0.15) is 12.8 Å². The van der Waals surface area contributed by atoms with Gasteiger partial charge in [0.15, 0.2) is 0 Å². The van der Waals surface area contributed by atoms with Gasteiger partial charge in [0.25, 0.3) is 0 Å². The van der Waals surface area contributed by atoms with Crippen LogP contribution in [0.15, 0.2) is 12.3 Å². The van der Waals surface area contributed by atoms with Gasteiger partial charge in [-0.3, -0.25) is 0 Å². The Hall–Kier alpha value is -0.870. The molecule has 0 amide bonds. The molecule has 0 aliphatic carbocycles. The molecule has 0 aromatic carbocycles. The molecule has 4 nitrogen and oxygen atoms in total. The van der Waals surface area contributed by atoms with Crippen molar-refractivity contribution in [2.24, 2.45) is 0 Å². The standard InChI is InChI=1S/C9H12ClN3O/c10-9-11-4-3-8(12-9)13-5-1-2-7(14)6-13/h3-4,7,14H,1-2,5-6H2/t7-/m1/s1. The quantitative estimate of drug-likeness (QED) is 0.710. The number of aliphatic hydroxyl groups is 1. The SMILES string of the molecule is O[C@@H]1CCCN(c2ccnc(Cl)n2)C1. The summed E-state index contributed by atoms with van der Waals surface area (Å²) in [7, 11) is 0. The molecule has 1 aromatic heterocycles. The molecular weight excluding hydrogens is 202 g/mol. The molecule has 0 unspecified atom stereocenters. The van der Waals surface area contributed by atoms with E-state index in [1.165, 1.54) is 0 Å². The van der Waals surface area contributed by atoms with Crippen molar-refractivity contribution in [2.75, 3.05) is 18.0 Å². The highest BCUT2D eigenvalue weighted by molar-refractivity contribution is 6.28. The Labute approximate surface area is 87.5 Å². The smallest absolute Gasteiger partial charge is 0.224 e. The average Bonchev–Trinajstić information content (AvgIpc) is 2.18. The van der Waals surface area contributed by atoms with E-state index in [0.717, 1.165) is 25.2 Å². The molecule has 1 N–H and O–H groups in total. The number of β-amino-alcohol motifs (C(OH)–C–C–N with tert-alkyl or cyclic N) is 1. The van der Waals surface area contributed by atoms with Crippen LogP contribution in [-0.2, 0) is 0 Å². The number of aromatic nitrogens is 2. The minimum atomic E-state index is -0.252. The lowest BCUT2D eigenvalue weighted by Crippen LogP contribution is -2.38. The summed E-state index contributed by atoms with van der Waals surface area (Å²) < 4.78 is 0. The number of aliphatic hydroxyl groups excluding tert-OH is 1. The van der Waals surface area contributed by atoms with Crippen LogP contribution in [0.2, 0.25) is 5.28 Å². The number of anilines is 1. The van der Waals surface area contributed by atoms with Crippen molar-refractivity contribution in [3.05, 3.63) is 17.5 Å². The zero-order valence-corrected chi connectivity index (χ0v) is 8.48. The van der Waals surface area contributed by atoms with Gasteiger partial charge >= 0.3 is 0 Å². The van der Waals surface area contributed by atoms with Crippen LogP contribution < -0.4 is 4.90 Å². The largest absolute Gasteiger partial charge is 0.391 e. The zero-order valence-electron chi connectivity index (χ0n) is 7.73. The zero-order chi connectivity index (χ0) is 9.97. The summed E-state index contributed by atoms with van der Waals surface area (Å²) >= 11 is 5.69. The fourth-order valence-electron chi connectivity index (χ4n) is 1.67. The predicted octanol–water partition coefficient (Wildman–Crippen LogP) is 1.09. The molecule has 5 heteroatoms. The van der Waals surface area contributed by atoms with Gasteiger partial charge in [0, 0.05) is 19.3 Å². The summed E-state index contributed by atoms with van der Waals surface area (Å²) in [4.78, 5) is 9.95. The van der Waals surface area contributed by atoms with Gasteiger partial charge in [0.1, 0.15) is 5.82 Å². The average molecular weight is 214 g/mol. The monoisotopic (exact) mass is 213 g/mol. The van der Waals surface area contributed by atoms with E-state index in [2.05, 4.69) is 9.97 Å². The van der Waals surface area contributed by atoms with Crippen LogP contribution >= 0.6 is 11.6 Å². The molecule has 76 valence electrons. The summed E-state index contributed by atoms with van der Waals surface area (Å²) in [6.07, 6.45) is 3.24. The van der Waals surface area contributed by atoms with E-state index < -0.39 is 0 Å². The Bertz CT molecular complexity index is 321. The van der Waals surface area contributed by atoms with Crippen molar-refractivity contribution in [3.63, 3.8) is 0 Å². The Morgan fingerprint density at radius 2 is 2.43 bits per heavy atom. The number of hydrogen-bond acceptors (Lipinski definition) is 4. The molecule has 14 heavy (non-hydrogen) atoms. The van der Waals surface area contributed by atoms with Crippen molar-refractivity contribution < 1.29 is 5.11 Å². The van der Waals surface area contributed by atoms with Crippen LogP contribution in [-0.4, -0.2) is 34.3 Å². The van der Waals surface area contributed by atoms with E-state index in [1.54, 1.807) is 6.20 Å². The predicted molar refractivity (Wildman–Crippen MR) is 54.5 cm³/mol. The van der Waals surface area contributed by atoms with Crippen LogP contribution in [0, 0.1) is 0 Å². The highest BCUT2D eigenvalue weighted by atomic mass is 35.5. The number of nitrogens with zero attached hydrogens (tertiary/aromatic N) is 3. The van der Waals surface area contributed by atoms with Crippen molar-refractivity contribution >= 4 is 17.4 Å². The Kier molecular flexibility index (Phi) is 2.84. The van der Waals surface area contributed by atoms with E-state index in [4.69, 9.17) is 11.6 Å². The van der Waals surface area contributed by atoms with Crippen molar-refractivity contribution in [1.29, 1.82) is 0 Å². The van der Waals surface area contributed by atoms with E-state index in [-0.39, 0.29) is 11.4 Å². The molecule has 2 rings (SSSR count). The summed E-state index contributed by atoms with van der Waals surface area (Å²) in [5.74, 6) is 0.795. The maximum Gasteiger partial charge on any atom is 0.224 e. The molecule has 1 saturated heterocycles. The lowest BCUT2D eigenvalue weighted by Gasteiger charge is -2.30. The minimum Gasteiger partial charge on any atom is -0.391 e.